The van der Waals surface area contributed by atoms with E-state index in [1.165, 1.54) is 0 Å². The molecular formula is C9H17N3O. The van der Waals surface area contributed by atoms with Crippen molar-refractivity contribution in [3.8, 4) is 5.88 Å². The Morgan fingerprint density at radius 2 is 2.23 bits per heavy atom. The molecule has 0 aliphatic carbocycles. The molecule has 0 amide bonds. The van der Waals surface area contributed by atoms with E-state index in [-0.39, 0.29) is 0 Å². The first-order valence-electron chi connectivity index (χ1n) is 4.47. The number of aromatic nitrogens is 2. The highest BCUT2D eigenvalue weighted by atomic mass is 16.5. The van der Waals surface area contributed by atoms with E-state index in [0.29, 0.717) is 0 Å². The second kappa shape index (κ2) is 4.28. The number of hydrogen-bond acceptors (Lipinski definition) is 3. The van der Waals surface area contributed by atoms with Crippen LogP contribution in [0, 0.1) is 6.92 Å². The molecule has 74 valence electrons. The molecule has 0 aliphatic heterocycles. The van der Waals surface area contributed by atoms with Gasteiger partial charge in [-0.25, -0.2) is 4.68 Å². The van der Waals surface area contributed by atoms with Crippen LogP contribution in [-0.2, 0) is 13.6 Å². The average molecular weight is 183 g/mol. The van der Waals surface area contributed by atoms with Crippen molar-refractivity contribution >= 4 is 0 Å². The predicted octanol–water partition coefficient (Wildman–Crippen LogP) is 0.847. The van der Waals surface area contributed by atoms with E-state index < -0.39 is 0 Å². The summed E-state index contributed by atoms with van der Waals surface area (Å²) in [5.41, 5.74) is 2.17. The highest BCUT2D eigenvalue weighted by molar-refractivity contribution is 5.30. The van der Waals surface area contributed by atoms with Gasteiger partial charge in [-0.3, -0.25) is 0 Å². The van der Waals surface area contributed by atoms with Gasteiger partial charge in [0.1, 0.15) is 0 Å². The minimum absolute atomic E-state index is 0.819. The summed E-state index contributed by atoms with van der Waals surface area (Å²) < 4.78 is 7.02. The van der Waals surface area contributed by atoms with E-state index in [9.17, 15) is 0 Å². The summed E-state index contributed by atoms with van der Waals surface area (Å²) in [5, 5.41) is 7.55. The molecule has 0 atom stereocenters. The largest absolute Gasteiger partial charge is 0.481 e. The maximum atomic E-state index is 5.25. The molecule has 1 rings (SSSR count). The zero-order valence-electron chi connectivity index (χ0n) is 8.72. The molecule has 0 spiro atoms. The standard InChI is InChI=1S/C9H17N3O/c1-5-10-6-8-7(2)11-12(3)9(8)13-4/h10H,5-6H2,1-4H3. The van der Waals surface area contributed by atoms with Crippen molar-refractivity contribution in [1.29, 1.82) is 0 Å². The third-order valence-electron chi connectivity index (χ3n) is 2.03. The monoisotopic (exact) mass is 183 g/mol. The number of nitrogens with one attached hydrogen (secondary N) is 1. The molecule has 0 saturated carbocycles. The van der Waals surface area contributed by atoms with Gasteiger partial charge in [0.2, 0.25) is 5.88 Å². The molecule has 0 bridgehead atoms. The van der Waals surface area contributed by atoms with Crippen molar-refractivity contribution < 1.29 is 4.74 Å². The summed E-state index contributed by atoms with van der Waals surface area (Å²) in [6, 6.07) is 0. The number of nitrogens with zero attached hydrogens (tertiary/aromatic N) is 2. The summed E-state index contributed by atoms with van der Waals surface area (Å²) in [4.78, 5) is 0. The molecule has 0 radical (unpaired) electrons. The summed E-state index contributed by atoms with van der Waals surface area (Å²) in [6.45, 7) is 5.85. The molecule has 1 aromatic heterocycles. The van der Waals surface area contributed by atoms with Crippen LogP contribution in [0.4, 0.5) is 0 Å². The SMILES string of the molecule is CCNCc1c(C)nn(C)c1OC. The average Bonchev–Trinajstić information content (AvgIpc) is 2.37. The van der Waals surface area contributed by atoms with Gasteiger partial charge in [0, 0.05) is 13.6 Å². The van der Waals surface area contributed by atoms with Gasteiger partial charge < -0.3 is 10.1 Å². The van der Waals surface area contributed by atoms with E-state index in [2.05, 4.69) is 17.3 Å². The minimum atomic E-state index is 0.819. The minimum Gasteiger partial charge on any atom is -0.481 e. The van der Waals surface area contributed by atoms with Crippen LogP contribution in [0.1, 0.15) is 18.2 Å². The van der Waals surface area contributed by atoms with E-state index in [1.807, 2.05) is 14.0 Å². The lowest BCUT2D eigenvalue weighted by Gasteiger charge is -2.04. The van der Waals surface area contributed by atoms with Crippen LogP contribution in [-0.4, -0.2) is 23.4 Å². The third kappa shape index (κ3) is 2.01. The molecule has 1 N–H and O–H groups in total. The number of hydrogen-bond donors (Lipinski definition) is 1. The second-order valence-electron chi connectivity index (χ2n) is 2.98. The van der Waals surface area contributed by atoms with Crippen molar-refractivity contribution in [3.05, 3.63) is 11.3 Å². The van der Waals surface area contributed by atoms with E-state index in [0.717, 1.165) is 30.2 Å². The highest BCUT2D eigenvalue weighted by Gasteiger charge is 2.12. The number of aryl methyl sites for hydroxylation is 2. The molecule has 1 aromatic rings. The van der Waals surface area contributed by atoms with Crippen LogP contribution in [0.5, 0.6) is 5.88 Å². The Bertz CT molecular complexity index is 281. The highest BCUT2D eigenvalue weighted by Crippen LogP contribution is 2.20. The van der Waals surface area contributed by atoms with Gasteiger partial charge in [-0.05, 0) is 13.5 Å². The molecule has 0 fully saturated rings. The van der Waals surface area contributed by atoms with Gasteiger partial charge in [-0.15, -0.1) is 0 Å². The molecule has 4 heteroatoms. The molecule has 0 saturated heterocycles. The van der Waals surface area contributed by atoms with E-state index >= 15 is 0 Å². The van der Waals surface area contributed by atoms with Gasteiger partial charge >= 0.3 is 0 Å². The number of methoxy groups -OCH3 is 1. The Labute approximate surface area is 78.9 Å². The first-order valence-corrected chi connectivity index (χ1v) is 4.47. The van der Waals surface area contributed by atoms with Crippen LogP contribution in [0.3, 0.4) is 0 Å². The van der Waals surface area contributed by atoms with Crippen LogP contribution < -0.4 is 10.1 Å². The van der Waals surface area contributed by atoms with E-state index in [4.69, 9.17) is 4.74 Å². The fourth-order valence-corrected chi connectivity index (χ4v) is 1.39. The maximum absolute atomic E-state index is 5.25. The first-order chi connectivity index (χ1) is 6.20. The van der Waals surface area contributed by atoms with Crippen molar-refractivity contribution in [2.45, 2.75) is 20.4 Å². The van der Waals surface area contributed by atoms with Gasteiger partial charge in [-0.1, -0.05) is 6.92 Å². The molecule has 0 aliphatic rings. The lowest BCUT2D eigenvalue weighted by atomic mass is 10.2. The van der Waals surface area contributed by atoms with Crippen molar-refractivity contribution in [3.63, 3.8) is 0 Å². The Hall–Kier alpha value is -1.03. The third-order valence-corrected chi connectivity index (χ3v) is 2.03. The van der Waals surface area contributed by atoms with E-state index in [1.54, 1.807) is 11.8 Å². The normalized spacial score (nSPS) is 10.5. The van der Waals surface area contributed by atoms with Crippen LogP contribution in [0.15, 0.2) is 0 Å². The molecule has 0 unspecified atom stereocenters. The van der Waals surface area contributed by atoms with Gasteiger partial charge in [0.25, 0.3) is 0 Å². The number of rotatable bonds is 4. The van der Waals surface area contributed by atoms with Crippen molar-refractivity contribution in [2.24, 2.45) is 7.05 Å². The molecular weight excluding hydrogens is 166 g/mol. The Morgan fingerprint density at radius 1 is 1.54 bits per heavy atom. The second-order valence-corrected chi connectivity index (χ2v) is 2.98. The zero-order valence-corrected chi connectivity index (χ0v) is 8.72. The molecule has 0 aromatic carbocycles. The van der Waals surface area contributed by atoms with Crippen molar-refractivity contribution in [2.75, 3.05) is 13.7 Å². The fraction of sp³-hybridized carbons (Fsp3) is 0.667. The topological polar surface area (TPSA) is 39.1 Å². The Morgan fingerprint density at radius 3 is 2.77 bits per heavy atom. The lowest BCUT2D eigenvalue weighted by molar-refractivity contribution is 0.368. The number of ether oxygens (including phenoxy) is 1. The zero-order chi connectivity index (χ0) is 9.84. The molecule has 1 heterocycles. The summed E-state index contributed by atoms with van der Waals surface area (Å²) in [7, 11) is 3.56. The predicted molar refractivity (Wildman–Crippen MR) is 51.9 cm³/mol. The molecule has 13 heavy (non-hydrogen) atoms. The van der Waals surface area contributed by atoms with Crippen LogP contribution in [0.25, 0.3) is 0 Å². The smallest absolute Gasteiger partial charge is 0.216 e. The maximum Gasteiger partial charge on any atom is 0.216 e. The quantitative estimate of drug-likeness (QED) is 0.752. The van der Waals surface area contributed by atoms with Gasteiger partial charge in [-0.2, -0.15) is 5.10 Å². The van der Waals surface area contributed by atoms with Crippen molar-refractivity contribution in [1.82, 2.24) is 15.1 Å². The Balaban J connectivity index is 2.89. The lowest BCUT2D eigenvalue weighted by Crippen LogP contribution is -2.12. The van der Waals surface area contributed by atoms with Gasteiger partial charge in [0.15, 0.2) is 0 Å². The van der Waals surface area contributed by atoms with Crippen LogP contribution >= 0.6 is 0 Å². The van der Waals surface area contributed by atoms with Gasteiger partial charge in [0.05, 0.1) is 18.4 Å². The molecule has 4 nitrogen and oxygen atoms in total. The summed E-state index contributed by atoms with van der Waals surface area (Å²) in [6.07, 6.45) is 0. The summed E-state index contributed by atoms with van der Waals surface area (Å²) in [5.74, 6) is 0.846. The van der Waals surface area contributed by atoms with Crippen LogP contribution in [0.2, 0.25) is 0 Å². The Kier molecular flexibility index (Phi) is 3.31. The first kappa shape index (κ1) is 10.1. The summed E-state index contributed by atoms with van der Waals surface area (Å²) >= 11 is 0. The fourth-order valence-electron chi connectivity index (χ4n) is 1.39.